The molecule has 1 saturated carbocycles. The van der Waals surface area contributed by atoms with Crippen molar-refractivity contribution in [1.82, 2.24) is 10.2 Å². The van der Waals surface area contributed by atoms with Crippen molar-refractivity contribution in [3.8, 4) is 5.75 Å². The molecular weight excluding hydrogens is 490 g/mol. The number of likely N-dealkylation sites (tertiary alicyclic amines) is 1. The molecule has 6 rings (SSSR count). The van der Waals surface area contributed by atoms with Crippen molar-refractivity contribution in [3.63, 3.8) is 0 Å². The van der Waals surface area contributed by atoms with Crippen LogP contribution in [0.3, 0.4) is 0 Å². The predicted octanol–water partition coefficient (Wildman–Crippen LogP) is 3.49. The molecule has 1 spiro atoms. The molecule has 0 unspecified atom stereocenters. The van der Waals surface area contributed by atoms with Crippen molar-refractivity contribution in [2.75, 3.05) is 12.4 Å². The summed E-state index contributed by atoms with van der Waals surface area (Å²) < 4.78 is 11.6. The first-order valence-corrected chi connectivity index (χ1v) is 13.8. The van der Waals surface area contributed by atoms with Crippen molar-refractivity contribution < 1.29 is 23.9 Å². The van der Waals surface area contributed by atoms with Gasteiger partial charge in [0.1, 0.15) is 17.4 Å². The maximum atomic E-state index is 14.0. The summed E-state index contributed by atoms with van der Waals surface area (Å²) in [6, 6.07) is 10.2. The number of hydrogen-bond acceptors (Lipinski definition) is 6. The van der Waals surface area contributed by atoms with E-state index in [1.54, 1.807) is 47.6 Å². The van der Waals surface area contributed by atoms with Crippen LogP contribution in [-0.4, -0.2) is 53.5 Å². The summed E-state index contributed by atoms with van der Waals surface area (Å²) in [7, 11) is 1.58. The number of thiophene rings is 1. The third kappa shape index (κ3) is 4.14. The largest absolute Gasteiger partial charge is 0.497 e. The number of benzene rings is 1. The maximum absolute atomic E-state index is 14.0. The normalized spacial score (nSPS) is 30.4. The second kappa shape index (κ2) is 9.61. The van der Waals surface area contributed by atoms with Crippen molar-refractivity contribution in [2.45, 2.75) is 62.4 Å². The van der Waals surface area contributed by atoms with E-state index in [0.717, 1.165) is 30.6 Å². The van der Waals surface area contributed by atoms with Gasteiger partial charge < -0.3 is 25.0 Å². The lowest BCUT2D eigenvalue weighted by atomic mass is 9.74. The van der Waals surface area contributed by atoms with Gasteiger partial charge in [0.2, 0.25) is 17.7 Å². The van der Waals surface area contributed by atoms with Gasteiger partial charge in [0.05, 0.1) is 31.6 Å². The first kappa shape index (κ1) is 24.2. The van der Waals surface area contributed by atoms with Gasteiger partial charge in [-0.1, -0.05) is 37.5 Å². The number of hydrogen-bond donors (Lipinski definition) is 2. The number of methoxy groups -OCH3 is 1. The minimum atomic E-state index is -1.15. The van der Waals surface area contributed by atoms with Crippen LogP contribution in [0.1, 0.15) is 37.0 Å². The molecule has 8 nitrogen and oxygen atoms in total. The minimum Gasteiger partial charge on any atom is -0.497 e. The summed E-state index contributed by atoms with van der Waals surface area (Å²) in [5, 5.41) is 8.12. The number of nitrogens with one attached hydrogen (secondary N) is 2. The topological polar surface area (TPSA) is 97.0 Å². The Morgan fingerprint density at radius 1 is 1.14 bits per heavy atom. The standard InChI is InChI=1S/C28H31N3O5S/c1-35-19-11-9-18(10-12-19)29-25(32)22-21-13-14-28(36-21)23(22)27(34)31(16-20-8-5-15-37-20)24(28)26(33)30-17-6-3-2-4-7-17/h5,8-15,17,21-24H,2-4,6-7,16H2,1H3,(H,29,32)(H,30,33)/t21-,22-,23-,24+,28-/m1/s1. The Hall–Kier alpha value is -3.17. The van der Waals surface area contributed by atoms with Crippen LogP contribution in [0.4, 0.5) is 5.69 Å². The van der Waals surface area contributed by atoms with Gasteiger partial charge >= 0.3 is 0 Å². The highest BCUT2D eigenvalue weighted by Gasteiger charge is 2.72. The van der Waals surface area contributed by atoms with E-state index in [4.69, 9.17) is 9.47 Å². The van der Waals surface area contributed by atoms with Crippen LogP contribution in [0.5, 0.6) is 5.75 Å². The van der Waals surface area contributed by atoms with Crippen LogP contribution >= 0.6 is 11.3 Å². The van der Waals surface area contributed by atoms with Crippen LogP contribution in [0, 0.1) is 11.8 Å². The molecule has 0 radical (unpaired) electrons. The number of carbonyl (C=O) groups is 3. The van der Waals surface area contributed by atoms with E-state index in [2.05, 4.69) is 10.6 Å². The Morgan fingerprint density at radius 3 is 2.62 bits per heavy atom. The van der Waals surface area contributed by atoms with Crippen molar-refractivity contribution >= 4 is 34.7 Å². The second-order valence-corrected chi connectivity index (χ2v) is 11.3. The van der Waals surface area contributed by atoms with E-state index in [0.29, 0.717) is 18.0 Å². The van der Waals surface area contributed by atoms with Crippen LogP contribution in [0.2, 0.25) is 0 Å². The molecule has 9 heteroatoms. The van der Waals surface area contributed by atoms with Crippen molar-refractivity contribution in [2.24, 2.45) is 11.8 Å². The number of nitrogens with zero attached hydrogens (tertiary/aromatic N) is 1. The quantitative estimate of drug-likeness (QED) is 0.544. The summed E-state index contributed by atoms with van der Waals surface area (Å²) in [5.74, 6) is -1.49. The Labute approximate surface area is 220 Å². The first-order valence-electron chi connectivity index (χ1n) is 13.0. The Morgan fingerprint density at radius 2 is 1.92 bits per heavy atom. The maximum Gasteiger partial charge on any atom is 0.246 e. The molecule has 37 heavy (non-hydrogen) atoms. The molecule has 3 amide bonds. The third-order valence-electron chi connectivity index (χ3n) is 8.14. The summed E-state index contributed by atoms with van der Waals surface area (Å²) in [4.78, 5) is 44.0. The molecule has 5 atom stereocenters. The summed E-state index contributed by atoms with van der Waals surface area (Å²) in [5.41, 5.74) is -0.543. The molecule has 2 bridgehead atoms. The molecule has 4 aliphatic rings. The molecule has 194 valence electrons. The highest BCUT2D eigenvalue weighted by Crippen LogP contribution is 2.55. The van der Waals surface area contributed by atoms with Gasteiger partial charge in [0.25, 0.3) is 0 Å². The van der Waals surface area contributed by atoms with Crippen LogP contribution in [0.15, 0.2) is 53.9 Å². The fraction of sp³-hybridized carbons (Fsp3) is 0.464. The molecule has 2 saturated heterocycles. The fourth-order valence-electron chi connectivity index (χ4n) is 6.44. The van der Waals surface area contributed by atoms with Gasteiger partial charge in [-0.2, -0.15) is 0 Å². The summed E-state index contributed by atoms with van der Waals surface area (Å²) in [6.07, 6.45) is 8.40. The second-order valence-electron chi connectivity index (χ2n) is 10.3. The molecule has 2 aromatic rings. The van der Waals surface area contributed by atoms with E-state index < -0.39 is 29.6 Å². The molecule has 3 fully saturated rings. The highest BCUT2D eigenvalue weighted by molar-refractivity contribution is 7.09. The SMILES string of the molecule is COc1ccc(NC(=O)[C@@H]2[C@H]3C=C[C@]4(O3)[C@H](C(=O)NC3CCCCC3)N(Cc3cccs3)C(=O)[C@@H]24)cc1. The zero-order valence-electron chi connectivity index (χ0n) is 20.7. The van der Waals surface area contributed by atoms with Crippen molar-refractivity contribution in [1.29, 1.82) is 0 Å². The van der Waals surface area contributed by atoms with Gasteiger partial charge in [-0.15, -0.1) is 11.3 Å². The lowest BCUT2D eigenvalue weighted by molar-refractivity contribution is -0.142. The Bertz CT molecular complexity index is 1210. The Kier molecular flexibility index (Phi) is 6.28. The number of ether oxygens (including phenoxy) is 2. The van der Waals surface area contributed by atoms with Crippen LogP contribution in [0.25, 0.3) is 0 Å². The zero-order chi connectivity index (χ0) is 25.6. The van der Waals surface area contributed by atoms with E-state index in [1.807, 2.05) is 29.7 Å². The van der Waals surface area contributed by atoms with Crippen LogP contribution < -0.4 is 15.4 Å². The minimum absolute atomic E-state index is 0.104. The number of rotatable bonds is 7. The Balaban J connectivity index is 1.29. The average molecular weight is 522 g/mol. The van der Waals surface area contributed by atoms with Gasteiger partial charge in [0, 0.05) is 16.6 Å². The molecule has 1 aromatic carbocycles. The zero-order valence-corrected chi connectivity index (χ0v) is 21.5. The van der Waals surface area contributed by atoms with E-state index in [1.165, 1.54) is 6.42 Å². The summed E-state index contributed by atoms with van der Waals surface area (Å²) in [6.45, 7) is 0.312. The number of anilines is 1. The van der Waals surface area contributed by atoms with E-state index in [9.17, 15) is 14.4 Å². The first-order chi connectivity index (χ1) is 18.0. The molecule has 2 N–H and O–H groups in total. The number of amides is 3. The monoisotopic (exact) mass is 521 g/mol. The molecule has 3 aliphatic heterocycles. The third-order valence-corrected chi connectivity index (χ3v) is 9.00. The highest BCUT2D eigenvalue weighted by atomic mass is 32.1. The number of fused-ring (bicyclic) bond motifs is 1. The molecule has 1 aromatic heterocycles. The fourth-order valence-corrected chi connectivity index (χ4v) is 7.14. The van der Waals surface area contributed by atoms with Gasteiger partial charge in [0.15, 0.2) is 0 Å². The average Bonchev–Trinajstić information content (AvgIpc) is 3.68. The molecular formula is C28H31N3O5S. The smallest absolute Gasteiger partial charge is 0.246 e. The summed E-state index contributed by atoms with van der Waals surface area (Å²) >= 11 is 1.54. The molecule has 1 aliphatic carbocycles. The van der Waals surface area contributed by atoms with Gasteiger partial charge in [-0.05, 0) is 48.6 Å². The lowest BCUT2D eigenvalue weighted by Gasteiger charge is -2.34. The predicted molar refractivity (Wildman–Crippen MR) is 139 cm³/mol. The lowest BCUT2D eigenvalue weighted by Crippen LogP contribution is -2.56. The van der Waals surface area contributed by atoms with Crippen molar-refractivity contribution in [3.05, 3.63) is 58.8 Å². The van der Waals surface area contributed by atoms with Gasteiger partial charge in [-0.25, -0.2) is 0 Å². The number of carbonyl (C=O) groups excluding carboxylic acids is 3. The van der Waals surface area contributed by atoms with Crippen LogP contribution in [-0.2, 0) is 25.7 Å². The van der Waals surface area contributed by atoms with E-state index in [-0.39, 0.29) is 23.8 Å². The van der Waals surface area contributed by atoms with Gasteiger partial charge in [-0.3, -0.25) is 14.4 Å². The molecule has 4 heterocycles. The van der Waals surface area contributed by atoms with E-state index >= 15 is 0 Å².